The van der Waals surface area contributed by atoms with E-state index in [9.17, 15) is 9.59 Å². The molecule has 0 radical (unpaired) electrons. The topological polar surface area (TPSA) is 55.4 Å². The molecule has 1 amide bonds. The third kappa shape index (κ3) is 3.18. The van der Waals surface area contributed by atoms with Crippen molar-refractivity contribution in [2.45, 2.75) is 84.8 Å². The van der Waals surface area contributed by atoms with Gasteiger partial charge in [-0.05, 0) is 81.6 Å². The summed E-state index contributed by atoms with van der Waals surface area (Å²) in [6.45, 7) is 11.5. The zero-order valence-electron chi connectivity index (χ0n) is 18.7. The van der Waals surface area contributed by atoms with Crippen LogP contribution in [-0.4, -0.2) is 24.0 Å². The van der Waals surface area contributed by atoms with E-state index in [-0.39, 0.29) is 34.3 Å². The summed E-state index contributed by atoms with van der Waals surface area (Å²) in [6.07, 6.45) is 12.9. The van der Waals surface area contributed by atoms with E-state index in [4.69, 9.17) is 4.74 Å². The average molecular weight is 400 g/mol. The Morgan fingerprint density at radius 3 is 2.62 bits per heavy atom. The largest absolute Gasteiger partial charge is 0.463 e. The number of rotatable bonds is 3. The van der Waals surface area contributed by atoms with Crippen LogP contribution in [0, 0.1) is 34.5 Å². The summed E-state index contributed by atoms with van der Waals surface area (Å²) in [7, 11) is 0. The zero-order chi connectivity index (χ0) is 21.0. The van der Waals surface area contributed by atoms with Gasteiger partial charge in [-0.15, -0.1) is 0 Å². The van der Waals surface area contributed by atoms with Crippen LogP contribution in [0.4, 0.5) is 0 Å². The number of allylic oxidation sites excluding steroid dienone is 2. The maximum atomic E-state index is 13.1. The minimum absolute atomic E-state index is 0.0731. The Hall–Kier alpha value is -1.58. The first kappa shape index (κ1) is 20.7. The number of carbonyl (C=O) groups excluding carboxylic acids is 2. The number of amides is 1. The number of carbonyl (C=O) groups is 2. The normalized spacial score (nSPS) is 43.5. The first-order chi connectivity index (χ1) is 13.6. The van der Waals surface area contributed by atoms with Crippen molar-refractivity contribution >= 4 is 12.4 Å². The summed E-state index contributed by atoms with van der Waals surface area (Å²) in [4.78, 5) is 24.3. The molecule has 1 N–H and O–H groups in total. The van der Waals surface area contributed by atoms with Gasteiger partial charge in [0.15, 0.2) is 0 Å². The third-order valence-corrected chi connectivity index (χ3v) is 8.79. The van der Waals surface area contributed by atoms with E-state index in [1.807, 2.05) is 0 Å². The maximum Gasteiger partial charge on any atom is 0.293 e. The van der Waals surface area contributed by atoms with Crippen LogP contribution in [0.3, 0.4) is 0 Å². The molecular formula is C25H37NO3. The number of ether oxygens (including phenoxy) is 1. The number of fused-ring (bicyclic) bond motifs is 5. The number of nitrogens with one attached hydrogen (secondary N) is 1. The molecule has 0 aromatic carbocycles. The van der Waals surface area contributed by atoms with Crippen LogP contribution < -0.4 is 5.32 Å². The summed E-state index contributed by atoms with van der Waals surface area (Å²) < 4.78 is 5.62. The van der Waals surface area contributed by atoms with Gasteiger partial charge in [0.05, 0.1) is 0 Å². The molecule has 160 valence electrons. The SMILES string of the molecule is CC(C)(C)NC(=O)C1CC[C@H]2[C@@H]3CC=C4C=CCC(OC=O)[C@]4(C)[C@@H]3CC[C@]12C. The average Bonchev–Trinajstić information content (AvgIpc) is 2.98. The first-order valence-corrected chi connectivity index (χ1v) is 11.4. The van der Waals surface area contributed by atoms with Crippen LogP contribution in [0.5, 0.6) is 0 Å². The molecule has 4 nitrogen and oxygen atoms in total. The molecule has 0 aromatic rings. The molecular weight excluding hydrogens is 362 g/mol. The van der Waals surface area contributed by atoms with Gasteiger partial charge in [-0.2, -0.15) is 0 Å². The molecule has 0 aliphatic heterocycles. The second kappa shape index (κ2) is 6.99. The summed E-state index contributed by atoms with van der Waals surface area (Å²) in [6, 6.07) is 0. The Labute approximate surface area is 175 Å². The third-order valence-electron chi connectivity index (χ3n) is 8.79. The molecule has 4 aliphatic rings. The fourth-order valence-corrected chi connectivity index (χ4v) is 7.44. The molecule has 4 aliphatic carbocycles. The van der Waals surface area contributed by atoms with Crippen LogP contribution in [0.2, 0.25) is 0 Å². The quantitative estimate of drug-likeness (QED) is 0.694. The fourth-order valence-electron chi connectivity index (χ4n) is 7.44. The van der Waals surface area contributed by atoms with Gasteiger partial charge >= 0.3 is 0 Å². The predicted molar refractivity (Wildman–Crippen MR) is 114 cm³/mol. The van der Waals surface area contributed by atoms with E-state index in [1.54, 1.807) is 0 Å². The van der Waals surface area contributed by atoms with Crippen molar-refractivity contribution in [2.75, 3.05) is 0 Å². The van der Waals surface area contributed by atoms with Gasteiger partial charge in [-0.3, -0.25) is 9.59 Å². The minimum atomic E-state index is -0.188. The van der Waals surface area contributed by atoms with Crippen molar-refractivity contribution in [1.82, 2.24) is 5.32 Å². The van der Waals surface area contributed by atoms with Gasteiger partial charge in [-0.25, -0.2) is 0 Å². The van der Waals surface area contributed by atoms with Gasteiger partial charge in [0.1, 0.15) is 6.10 Å². The first-order valence-electron chi connectivity index (χ1n) is 11.4. The van der Waals surface area contributed by atoms with E-state index in [2.05, 4.69) is 58.2 Å². The number of hydrogen-bond donors (Lipinski definition) is 1. The van der Waals surface area contributed by atoms with Gasteiger partial charge in [-0.1, -0.05) is 32.1 Å². The second-order valence-electron chi connectivity index (χ2n) is 11.3. The highest BCUT2D eigenvalue weighted by Gasteiger charge is 2.61. The molecule has 0 saturated heterocycles. The van der Waals surface area contributed by atoms with Gasteiger partial charge in [0.2, 0.25) is 5.91 Å². The molecule has 7 atom stereocenters. The minimum Gasteiger partial charge on any atom is -0.463 e. The smallest absolute Gasteiger partial charge is 0.293 e. The van der Waals surface area contributed by atoms with Crippen molar-refractivity contribution in [3.05, 3.63) is 23.8 Å². The van der Waals surface area contributed by atoms with Crippen molar-refractivity contribution in [3.8, 4) is 0 Å². The Morgan fingerprint density at radius 2 is 1.93 bits per heavy atom. The predicted octanol–water partition coefficient (Wildman–Crippen LogP) is 4.80. The van der Waals surface area contributed by atoms with E-state index in [0.29, 0.717) is 24.2 Å². The monoisotopic (exact) mass is 399 g/mol. The van der Waals surface area contributed by atoms with Crippen LogP contribution in [0.15, 0.2) is 23.8 Å². The van der Waals surface area contributed by atoms with E-state index >= 15 is 0 Å². The van der Waals surface area contributed by atoms with Crippen LogP contribution in [0.1, 0.15) is 73.1 Å². The highest BCUT2D eigenvalue weighted by molar-refractivity contribution is 5.80. The molecule has 2 unspecified atom stereocenters. The van der Waals surface area contributed by atoms with E-state index < -0.39 is 0 Å². The zero-order valence-corrected chi connectivity index (χ0v) is 18.7. The summed E-state index contributed by atoms with van der Waals surface area (Å²) in [5.74, 6) is 1.99. The molecule has 0 heterocycles. The highest BCUT2D eigenvalue weighted by atomic mass is 16.5. The molecule has 0 spiro atoms. The number of hydrogen-bond acceptors (Lipinski definition) is 3. The molecule has 2 fully saturated rings. The summed E-state index contributed by atoms with van der Waals surface area (Å²) in [5.41, 5.74) is 1.13. The lowest BCUT2D eigenvalue weighted by molar-refractivity contribution is -0.148. The van der Waals surface area contributed by atoms with Gasteiger partial charge in [0, 0.05) is 23.3 Å². The lowest BCUT2D eigenvalue weighted by Gasteiger charge is -2.58. The molecule has 2 saturated carbocycles. The molecule has 0 aromatic heterocycles. The Balaban J connectivity index is 1.62. The van der Waals surface area contributed by atoms with Crippen LogP contribution in [0.25, 0.3) is 0 Å². The molecule has 4 rings (SSSR count). The maximum absolute atomic E-state index is 13.1. The lowest BCUT2D eigenvalue weighted by atomic mass is 9.47. The van der Waals surface area contributed by atoms with E-state index in [1.165, 1.54) is 5.57 Å². The van der Waals surface area contributed by atoms with Gasteiger partial charge < -0.3 is 10.1 Å². The summed E-state index contributed by atoms with van der Waals surface area (Å²) >= 11 is 0. The highest BCUT2D eigenvalue weighted by Crippen LogP contribution is 2.66. The van der Waals surface area contributed by atoms with E-state index in [0.717, 1.165) is 38.5 Å². The summed E-state index contributed by atoms with van der Waals surface area (Å²) in [5, 5.41) is 3.25. The van der Waals surface area contributed by atoms with Crippen LogP contribution in [-0.2, 0) is 14.3 Å². The molecule has 29 heavy (non-hydrogen) atoms. The van der Waals surface area contributed by atoms with Crippen molar-refractivity contribution < 1.29 is 14.3 Å². The lowest BCUT2D eigenvalue weighted by Crippen LogP contribution is -2.55. The van der Waals surface area contributed by atoms with Crippen molar-refractivity contribution in [2.24, 2.45) is 34.5 Å². The Kier molecular flexibility index (Phi) is 4.99. The Bertz CT molecular complexity index is 748. The van der Waals surface area contributed by atoms with Crippen LogP contribution >= 0.6 is 0 Å². The standard InChI is InChI=1S/C25H37NO3/c1-23(2,3)26-22(28)20-12-11-18-17-10-9-16-7-6-8-21(29-15-27)25(16,5)19(17)13-14-24(18,20)4/h6-7,9,15,17-21H,8,10-14H2,1-5H3,(H,26,28)/t17-,18-,19+,20?,21?,24-,25-/m0/s1. The van der Waals surface area contributed by atoms with Gasteiger partial charge in [0.25, 0.3) is 6.47 Å². The fraction of sp³-hybridized carbons (Fsp3) is 0.760. The van der Waals surface area contributed by atoms with Crippen molar-refractivity contribution in [1.29, 1.82) is 0 Å². The molecule has 4 heteroatoms. The Morgan fingerprint density at radius 1 is 1.17 bits per heavy atom. The molecule has 0 bridgehead atoms. The second-order valence-corrected chi connectivity index (χ2v) is 11.3. The van der Waals surface area contributed by atoms with Crippen molar-refractivity contribution in [3.63, 3.8) is 0 Å².